The molecule has 0 aliphatic carbocycles. The van der Waals surface area contributed by atoms with Gasteiger partial charge in [-0.25, -0.2) is 9.80 Å². The summed E-state index contributed by atoms with van der Waals surface area (Å²) >= 11 is 0. The number of ether oxygens (including phenoxy) is 3. The van der Waals surface area contributed by atoms with Crippen molar-refractivity contribution in [3.05, 3.63) is 89.5 Å². The molecule has 10 nitrogen and oxygen atoms in total. The molecule has 3 aromatic carbocycles. The van der Waals surface area contributed by atoms with Gasteiger partial charge in [-0.1, -0.05) is 29.8 Å². The quantitative estimate of drug-likeness (QED) is 0.388. The number of hydrazine groups is 1. The number of hydrogen-bond acceptors (Lipinski definition) is 7. The second-order valence-corrected chi connectivity index (χ2v) is 12.0. The maximum Gasteiger partial charge on any atom is 0.410 e. The number of hydrogen-bond donors (Lipinski definition) is 1. The van der Waals surface area contributed by atoms with Crippen LogP contribution in [-0.2, 0) is 9.47 Å². The van der Waals surface area contributed by atoms with Crippen LogP contribution >= 0.6 is 0 Å². The lowest BCUT2D eigenvalue weighted by atomic mass is 10.1. The lowest BCUT2D eigenvalue weighted by molar-refractivity contribution is 0.0275. The van der Waals surface area contributed by atoms with Gasteiger partial charge in [0, 0.05) is 42.9 Å². The van der Waals surface area contributed by atoms with Gasteiger partial charge in [-0.05, 0) is 76.2 Å². The number of morpholine rings is 1. The Balaban J connectivity index is 1.32. The van der Waals surface area contributed by atoms with Crippen LogP contribution in [0.1, 0.15) is 53.5 Å². The molecule has 0 spiro atoms. The molecule has 2 aliphatic heterocycles. The van der Waals surface area contributed by atoms with Crippen LogP contribution in [0.15, 0.2) is 72.8 Å². The summed E-state index contributed by atoms with van der Waals surface area (Å²) in [5.41, 5.74) is 5.54. The van der Waals surface area contributed by atoms with Gasteiger partial charge in [0.15, 0.2) is 0 Å². The third kappa shape index (κ3) is 7.87. The molecule has 1 unspecified atom stereocenters. The Labute approximate surface area is 258 Å². The molecule has 232 valence electrons. The zero-order chi connectivity index (χ0) is 31.3. The van der Waals surface area contributed by atoms with Crippen LogP contribution < -0.4 is 20.1 Å². The van der Waals surface area contributed by atoms with Crippen LogP contribution in [0, 0.1) is 6.92 Å². The van der Waals surface area contributed by atoms with Crippen molar-refractivity contribution < 1.29 is 28.6 Å². The Kier molecular flexibility index (Phi) is 9.39. The predicted octanol–water partition coefficient (Wildman–Crippen LogP) is 5.21. The largest absolute Gasteiger partial charge is 0.488 e. The summed E-state index contributed by atoms with van der Waals surface area (Å²) in [6.07, 6.45) is 0.0460. The first kappa shape index (κ1) is 30.9. The van der Waals surface area contributed by atoms with E-state index in [0.29, 0.717) is 55.3 Å². The summed E-state index contributed by atoms with van der Waals surface area (Å²) in [6, 6.07) is 21.6. The number of carbonyl (C=O) groups is 3. The molecular formula is C34H40N4O6. The van der Waals surface area contributed by atoms with Crippen LogP contribution in [0.2, 0.25) is 0 Å². The summed E-state index contributed by atoms with van der Waals surface area (Å²) in [7, 11) is 0. The van der Waals surface area contributed by atoms with Crippen LogP contribution in [-0.4, -0.2) is 73.9 Å². The molecule has 0 aromatic heterocycles. The maximum atomic E-state index is 13.8. The van der Waals surface area contributed by atoms with Gasteiger partial charge in [0.25, 0.3) is 11.8 Å². The molecule has 1 N–H and O–H groups in total. The van der Waals surface area contributed by atoms with Crippen molar-refractivity contribution in [3.63, 3.8) is 0 Å². The molecule has 44 heavy (non-hydrogen) atoms. The molecule has 2 aliphatic rings. The first-order valence-electron chi connectivity index (χ1n) is 15.0. The number of likely N-dealkylation sites (tertiary alicyclic amines) is 1. The highest BCUT2D eigenvalue weighted by Gasteiger charge is 2.31. The maximum absolute atomic E-state index is 13.8. The van der Waals surface area contributed by atoms with Crippen molar-refractivity contribution in [1.82, 2.24) is 10.3 Å². The number of nitrogens with one attached hydrogen (secondary N) is 1. The predicted molar refractivity (Wildman–Crippen MR) is 168 cm³/mol. The van der Waals surface area contributed by atoms with Crippen molar-refractivity contribution in [2.24, 2.45) is 0 Å². The zero-order valence-electron chi connectivity index (χ0n) is 25.7. The summed E-state index contributed by atoms with van der Waals surface area (Å²) in [6.45, 7) is 11.1. The van der Waals surface area contributed by atoms with Gasteiger partial charge >= 0.3 is 6.09 Å². The van der Waals surface area contributed by atoms with E-state index in [4.69, 9.17) is 14.2 Å². The molecule has 2 saturated heterocycles. The van der Waals surface area contributed by atoms with Crippen LogP contribution in [0.3, 0.4) is 0 Å². The number of rotatable bonds is 6. The third-order valence-corrected chi connectivity index (χ3v) is 7.37. The fourth-order valence-electron chi connectivity index (χ4n) is 5.09. The number of aryl methyl sites for hydroxylation is 1. The van der Waals surface area contributed by atoms with Gasteiger partial charge in [-0.15, -0.1) is 0 Å². The fourth-order valence-corrected chi connectivity index (χ4v) is 5.09. The van der Waals surface area contributed by atoms with E-state index in [2.05, 4.69) is 10.3 Å². The molecule has 0 bridgehead atoms. The highest BCUT2D eigenvalue weighted by molar-refractivity contribution is 6.09. The minimum Gasteiger partial charge on any atom is -0.488 e. The summed E-state index contributed by atoms with van der Waals surface area (Å²) < 4.78 is 17.1. The van der Waals surface area contributed by atoms with Crippen LogP contribution in [0.4, 0.5) is 16.2 Å². The third-order valence-electron chi connectivity index (χ3n) is 7.37. The fraction of sp³-hybridized carbons (Fsp3) is 0.382. The number of amides is 3. The smallest absolute Gasteiger partial charge is 0.410 e. The van der Waals surface area contributed by atoms with E-state index >= 15 is 0 Å². The SMILES string of the molecule is Cc1ccc(C(=O)N(NC(=O)c2cccc(OC3CCN(C(=O)OC(C)(C)C)C3)c2)c2cccc(N3CCOCC3)c2)cc1. The van der Waals surface area contributed by atoms with Gasteiger partial charge in [0.2, 0.25) is 0 Å². The number of carbonyl (C=O) groups excluding carboxylic acids is 3. The second kappa shape index (κ2) is 13.4. The van der Waals surface area contributed by atoms with Crippen molar-refractivity contribution in [2.75, 3.05) is 49.3 Å². The lowest BCUT2D eigenvalue weighted by Gasteiger charge is -2.30. The lowest BCUT2D eigenvalue weighted by Crippen LogP contribution is -2.46. The molecule has 2 heterocycles. The van der Waals surface area contributed by atoms with Crippen LogP contribution in [0.5, 0.6) is 5.75 Å². The van der Waals surface area contributed by atoms with Gasteiger partial charge in [0.1, 0.15) is 17.5 Å². The normalized spacial score (nSPS) is 16.8. The van der Waals surface area contributed by atoms with Gasteiger partial charge in [-0.2, -0.15) is 0 Å². The van der Waals surface area contributed by atoms with E-state index in [1.807, 2.05) is 58.0 Å². The molecule has 0 saturated carbocycles. The van der Waals surface area contributed by atoms with Crippen LogP contribution in [0.25, 0.3) is 0 Å². The molecule has 1 atom stereocenters. The summed E-state index contributed by atoms with van der Waals surface area (Å²) in [5.74, 6) is -0.327. The van der Waals surface area contributed by atoms with E-state index in [1.54, 1.807) is 47.4 Å². The first-order valence-corrected chi connectivity index (χ1v) is 15.0. The molecule has 2 fully saturated rings. The number of anilines is 2. The molecule has 5 rings (SSSR count). The Morgan fingerprint density at radius 2 is 1.64 bits per heavy atom. The average molecular weight is 601 g/mol. The standard InChI is InChI=1S/C34H40N4O6/c1-24-11-13-25(14-12-24)32(40)38(28-9-6-8-27(22-28)36-17-19-42-20-18-36)35-31(39)26-7-5-10-29(21-26)43-30-15-16-37(23-30)33(41)44-34(2,3)4/h5-14,21-22,30H,15-20,23H2,1-4H3,(H,35,39). The van der Waals surface area contributed by atoms with E-state index < -0.39 is 11.5 Å². The van der Waals surface area contributed by atoms with Crippen molar-refractivity contribution in [1.29, 1.82) is 0 Å². The molecule has 3 aromatic rings. The van der Waals surface area contributed by atoms with E-state index in [-0.39, 0.29) is 18.1 Å². The summed E-state index contributed by atoms with van der Waals surface area (Å²) in [4.78, 5) is 43.7. The highest BCUT2D eigenvalue weighted by atomic mass is 16.6. The molecular weight excluding hydrogens is 560 g/mol. The minimum atomic E-state index is -0.573. The van der Waals surface area contributed by atoms with Gasteiger partial charge in [-0.3, -0.25) is 15.0 Å². The Hall–Kier alpha value is -4.57. The Morgan fingerprint density at radius 1 is 0.909 bits per heavy atom. The van der Waals surface area contributed by atoms with Crippen molar-refractivity contribution in [3.8, 4) is 5.75 Å². The number of nitrogens with zero attached hydrogens (tertiary/aromatic N) is 3. The zero-order valence-corrected chi connectivity index (χ0v) is 25.7. The van der Waals surface area contributed by atoms with Crippen molar-refractivity contribution >= 4 is 29.3 Å². The van der Waals surface area contributed by atoms with E-state index in [1.165, 1.54) is 5.01 Å². The van der Waals surface area contributed by atoms with E-state index in [9.17, 15) is 14.4 Å². The average Bonchev–Trinajstić information content (AvgIpc) is 3.48. The number of benzene rings is 3. The van der Waals surface area contributed by atoms with Gasteiger partial charge < -0.3 is 24.0 Å². The molecule has 10 heteroatoms. The molecule has 0 radical (unpaired) electrons. The second-order valence-electron chi connectivity index (χ2n) is 12.0. The molecule has 3 amide bonds. The minimum absolute atomic E-state index is 0.233. The summed E-state index contributed by atoms with van der Waals surface area (Å²) in [5, 5.41) is 1.29. The first-order chi connectivity index (χ1) is 21.1. The Morgan fingerprint density at radius 3 is 2.36 bits per heavy atom. The van der Waals surface area contributed by atoms with Gasteiger partial charge in [0.05, 0.1) is 25.4 Å². The topological polar surface area (TPSA) is 101 Å². The Bertz CT molecular complexity index is 1480. The van der Waals surface area contributed by atoms with Crippen molar-refractivity contribution in [2.45, 2.75) is 45.8 Å². The monoisotopic (exact) mass is 600 g/mol. The van der Waals surface area contributed by atoms with E-state index in [0.717, 1.165) is 24.3 Å². The highest BCUT2D eigenvalue weighted by Crippen LogP contribution is 2.25.